The number of anilines is 4. The summed E-state index contributed by atoms with van der Waals surface area (Å²) < 4.78 is 0. The number of carbonyl (C=O) groups is 3. The summed E-state index contributed by atoms with van der Waals surface area (Å²) in [6.07, 6.45) is 1.87. The molecule has 0 saturated carbocycles. The lowest BCUT2D eigenvalue weighted by Crippen LogP contribution is -2.39. The summed E-state index contributed by atoms with van der Waals surface area (Å²) in [6.45, 7) is 3.06. The van der Waals surface area contributed by atoms with Crippen molar-refractivity contribution in [3.8, 4) is 6.07 Å². The SMILES string of the molecule is CCC(CN(C(=O)c1ccc(NC)c(N(Nc2ccc(C#N)cc2)C(C)=O)c1)c1ccccn1)C(=O)O. The van der Waals surface area contributed by atoms with Crippen LogP contribution in [-0.2, 0) is 9.59 Å². The van der Waals surface area contributed by atoms with E-state index in [1.807, 2.05) is 6.07 Å². The molecule has 3 aromatic rings. The summed E-state index contributed by atoms with van der Waals surface area (Å²) in [5.41, 5.74) is 5.27. The Bertz CT molecular complexity index is 1300. The Balaban J connectivity index is 2.03. The summed E-state index contributed by atoms with van der Waals surface area (Å²) >= 11 is 0. The second-order valence-electron chi connectivity index (χ2n) is 8.18. The first-order valence-electron chi connectivity index (χ1n) is 11.6. The minimum atomic E-state index is -1.00. The van der Waals surface area contributed by atoms with Gasteiger partial charge in [-0.3, -0.25) is 24.7 Å². The maximum Gasteiger partial charge on any atom is 0.308 e. The van der Waals surface area contributed by atoms with Crippen LogP contribution >= 0.6 is 0 Å². The number of pyridine rings is 1. The van der Waals surface area contributed by atoms with E-state index >= 15 is 0 Å². The Labute approximate surface area is 215 Å². The number of carbonyl (C=O) groups excluding carboxylic acids is 2. The standard InChI is InChI=1S/C27H28N6O4/c1-4-20(27(36)37)17-32(25-7-5-6-14-30-25)26(35)21-10-13-23(29-3)24(15-21)33(18(2)34)31-22-11-8-19(16-28)9-12-22/h5-15,20,29,31H,4,17H2,1-3H3,(H,36,37). The first kappa shape index (κ1) is 26.7. The summed E-state index contributed by atoms with van der Waals surface area (Å²) in [6, 6.07) is 18.5. The van der Waals surface area contributed by atoms with Gasteiger partial charge in [-0.05, 0) is 61.0 Å². The molecule has 0 fully saturated rings. The van der Waals surface area contributed by atoms with Gasteiger partial charge in [0.1, 0.15) is 5.82 Å². The van der Waals surface area contributed by atoms with Crippen LogP contribution < -0.4 is 20.7 Å². The topological polar surface area (TPSA) is 139 Å². The molecule has 37 heavy (non-hydrogen) atoms. The molecular weight excluding hydrogens is 472 g/mol. The molecule has 1 aromatic heterocycles. The fraction of sp³-hybridized carbons (Fsp3) is 0.222. The Morgan fingerprint density at radius 2 is 1.84 bits per heavy atom. The summed E-state index contributed by atoms with van der Waals surface area (Å²) in [4.78, 5) is 43.7. The molecule has 0 saturated heterocycles. The molecule has 2 amide bonds. The number of hydrogen-bond donors (Lipinski definition) is 3. The fourth-order valence-corrected chi connectivity index (χ4v) is 3.67. The molecular formula is C27H28N6O4. The molecule has 190 valence electrons. The van der Waals surface area contributed by atoms with Gasteiger partial charge in [-0.15, -0.1) is 0 Å². The number of nitrogens with one attached hydrogen (secondary N) is 2. The van der Waals surface area contributed by atoms with Crippen LogP contribution in [0.1, 0.15) is 36.2 Å². The molecule has 1 heterocycles. The van der Waals surface area contributed by atoms with Crippen molar-refractivity contribution in [1.29, 1.82) is 5.26 Å². The van der Waals surface area contributed by atoms with Gasteiger partial charge in [-0.1, -0.05) is 13.0 Å². The van der Waals surface area contributed by atoms with Gasteiger partial charge in [0.05, 0.1) is 34.6 Å². The summed E-state index contributed by atoms with van der Waals surface area (Å²) in [5.74, 6) is -2.26. The number of rotatable bonds is 10. The first-order chi connectivity index (χ1) is 17.8. The van der Waals surface area contributed by atoms with Crippen molar-refractivity contribution < 1.29 is 19.5 Å². The largest absolute Gasteiger partial charge is 0.481 e. The van der Waals surface area contributed by atoms with Crippen molar-refractivity contribution in [1.82, 2.24) is 4.98 Å². The van der Waals surface area contributed by atoms with Crippen LogP contribution in [0.3, 0.4) is 0 Å². The quantitative estimate of drug-likeness (QED) is 0.353. The summed E-state index contributed by atoms with van der Waals surface area (Å²) in [5, 5.41) is 23.0. The number of hydrazine groups is 1. The van der Waals surface area contributed by atoms with Gasteiger partial charge in [0, 0.05) is 32.3 Å². The minimum Gasteiger partial charge on any atom is -0.481 e. The van der Waals surface area contributed by atoms with Crippen molar-refractivity contribution in [3.63, 3.8) is 0 Å². The fourth-order valence-electron chi connectivity index (χ4n) is 3.67. The number of carboxylic acid groups (broad SMARTS) is 1. The maximum absolute atomic E-state index is 13.7. The van der Waals surface area contributed by atoms with E-state index in [9.17, 15) is 19.5 Å². The number of nitrogens with zero attached hydrogens (tertiary/aromatic N) is 4. The Morgan fingerprint density at radius 3 is 2.38 bits per heavy atom. The summed E-state index contributed by atoms with van der Waals surface area (Å²) in [7, 11) is 1.69. The molecule has 10 heteroatoms. The zero-order chi connectivity index (χ0) is 26.9. The molecule has 3 rings (SSSR count). The van der Waals surface area contributed by atoms with Crippen molar-refractivity contribution in [2.45, 2.75) is 20.3 Å². The van der Waals surface area contributed by atoms with E-state index in [1.54, 1.807) is 74.6 Å². The van der Waals surface area contributed by atoms with E-state index in [2.05, 4.69) is 15.7 Å². The third-order valence-electron chi connectivity index (χ3n) is 5.74. The minimum absolute atomic E-state index is 0.0648. The zero-order valence-electron chi connectivity index (χ0n) is 20.8. The average molecular weight is 501 g/mol. The zero-order valence-corrected chi connectivity index (χ0v) is 20.8. The average Bonchev–Trinajstić information content (AvgIpc) is 2.92. The number of amides is 2. The van der Waals surface area contributed by atoms with Gasteiger partial charge >= 0.3 is 5.97 Å². The Hall–Kier alpha value is -4.91. The van der Waals surface area contributed by atoms with Crippen LogP contribution in [0.25, 0.3) is 0 Å². The second kappa shape index (κ2) is 12.2. The number of carboxylic acids is 1. The van der Waals surface area contributed by atoms with Gasteiger partial charge in [0.15, 0.2) is 0 Å². The van der Waals surface area contributed by atoms with Gasteiger partial charge in [-0.25, -0.2) is 9.99 Å². The molecule has 3 N–H and O–H groups in total. The van der Waals surface area contributed by atoms with Crippen molar-refractivity contribution in [3.05, 3.63) is 78.0 Å². The monoisotopic (exact) mass is 500 g/mol. The lowest BCUT2D eigenvalue weighted by atomic mass is 10.0. The third kappa shape index (κ3) is 6.41. The second-order valence-corrected chi connectivity index (χ2v) is 8.18. The van der Waals surface area contributed by atoms with Gasteiger partial charge in [0.2, 0.25) is 5.91 Å². The molecule has 0 spiro atoms. The van der Waals surface area contributed by atoms with Gasteiger partial charge < -0.3 is 10.4 Å². The van der Waals surface area contributed by atoms with Gasteiger partial charge in [0.25, 0.3) is 5.91 Å². The molecule has 10 nitrogen and oxygen atoms in total. The normalized spacial score (nSPS) is 11.1. The van der Waals surface area contributed by atoms with E-state index in [-0.39, 0.29) is 18.0 Å². The van der Waals surface area contributed by atoms with E-state index in [0.717, 1.165) is 0 Å². The highest BCUT2D eigenvalue weighted by Gasteiger charge is 2.27. The Kier molecular flexibility index (Phi) is 8.78. The first-order valence-corrected chi connectivity index (χ1v) is 11.6. The highest BCUT2D eigenvalue weighted by Crippen LogP contribution is 2.29. The van der Waals surface area contributed by atoms with Crippen molar-refractivity contribution in [2.24, 2.45) is 5.92 Å². The molecule has 1 atom stereocenters. The van der Waals surface area contributed by atoms with E-state index in [0.29, 0.717) is 34.9 Å². The third-order valence-corrected chi connectivity index (χ3v) is 5.74. The number of aliphatic carboxylic acids is 1. The lowest BCUT2D eigenvalue weighted by molar-refractivity contribution is -0.141. The number of aromatic nitrogens is 1. The molecule has 0 bridgehead atoms. The van der Waals surface area contributed by atoms with Crippen LogP contribution in [0.4, 0.5) is 22.9 Å². The predicted molar refractivity (Wildman–Crippen MR) is 141 cm³/mol. The number of hydrogen-bond acceptors (Lipinski definition) is 7. The van der Waals surface area contributed by atoms with Crippen molar-refractivity contribution >= 4 is 40.7 Å². The van der Waals surface area contributed by atoms with E-state index in [4.69, 9.17) is 5.26 Å². The molecule has 0 radical (unpaired) electrons. The maximum atomic E-state index is 13.7. The van der Waals surface area contributed by atoms with Crippen LogP contribution in [0.5, 0.6) is 0 Å². The molecule has 1 unspecified atom stereocenters. The van der Waals surface area contributed by atoms with Crippen LogP contribution in [-0.4, -0.2) is 41.5 Å². The lowest BCUT2D eigenvalue weighted by Gasteiger charge is -2.27. The van der Waals surface area contributed by atoms with E-state index < -0.39 is 17.8 Å². The Morgan fingerprint density at radius 1 is 1.11 bits per heavy atom. The highest BCUT2D eigenvalue weighted by atomic mass is 16.4. The highest BCUT2D eigenvalue weighted by molar-refractivity contribution is 6.08. The molecule has 0 aliphatic heterocycles. The number of nitriles is 1. The van der Waals surface area contributed by atoms with Gasteiger partial charge in [-0.2, -0.15) is 5.26 Å². The van der Waals surface area contributed by atoms with Crippen LogP contribution in [0, 0.1) is 17.2 Å². The van der Waals surface area contributed by atoms with E-state index in [1.165, 1.54) is 23.0 Å². The van der Waals surface area contributed by atoms with Crippen LogP contribution in [0.15, 0.2) is 66.9 Å². The predicted octanol–water partition coefficient (Wildman–Crippen LogP) is 4.13. The molecule has 0 aliphatic carbocycles. The molecule has 0 aliphatic rings. The van der Waals surface area contributed by atoms with Crippen molar-refractivity contribution in [2.75, 3.05) is 34.2 Å². The number of benzene rings is 2. The smallest absolute Gasteiger partial charge is 0.308 e. The van der Waals surface area contributed by atoms with Crippen LogP contribution in [0.2, 0.25) is 0 Å². The molecule has 2 aromatic carbocycles.